The SMILES string of the molecule is CCCCCCc1ccc(-c2ccc(CCC=CC3CC=C(CCCCC)CC3)c(F)c2F)cc1. The van der Waals surface area contributed by atoms with Crippen molar-refractivity contribution in [1.29, 1.82) is 0 Å². The number of benzene rings is 2. The number of halogens is 2. The van der Waals surface area contributed by atoms with Gasteiger partial charge in [-0.05, 0) is 80.4 Å². The van der Waals surface area contributed by atoms with Crippen molar-refractivity contribution in [1.82, 2.24) is 0 Å². The van der Waals surface area contributed by atoms with Crippen molar-refractivity contribution in [3.8, 4) is 11.1 Å². The Morgan fingerprint density at radius 2 is 1.54 bits per heavy atom. The molecule has 0 aromatic heterocycles. The Balaban J connectivity index is 1.49. The van der Waals surface area contributed by atoms with E-state index in [1.54, 1.807) is 17.7 Å². The van der Waals surface area contributed by atoms with Crippen molar-refractivity contribution in [2.75, 3.05) is 0 Å². The smallest absolute Gasteiger partial charge is 0.166 e. The first-order valence-corrected chi connectivity index (χ1v) is 14.0. The van der Waals surface area contributed by atoms with Crippen LogP contribution in [0.5, 0.6) is 0 Å². The Labute approximate surface area is 212 Å². The van der Waals surface area contributed by atoms with Crippen LogP contribution in [-0.2, 0) is 12.8 Å². The highest BCUT2D eigenvalue weighted by Gasteiger charge is 2.15. The zero-order valence-corrected chi connectivity index (χ0v) is 21.9. The normalized spacial score (nSPS) is 16.1. The van der Waals surface area contributed by atoms with E-state index in [1.807, 2.05) is 24.3 Å². The van der Waals surface area contributed by atoms with Crippen LogP contribution in [0.4, 0.5) is 8.78 Å². The summed E-state index contributed by atoms with van der Waals surface area (Å²) in [6.07, 6.45) is 22.8. The lowest BCUT2D eigenvalue weighted by atomic mass is 9.87. The van der Waals surface area contributed by atoms with E-state index in [2.05, 4.69) is 32.1 Å². The van der Waals surface area contributed by atoms with Gasteiger partial charge in [-0.15, -0.1) is 0 Å². The van der Waals surface area contributed by atoms with Crippen molar-refractivity contribution in [2.24, 2.45) is 5.92 Å². The van der Waals surface area contributed by atoms with Crippen LogP contribution in [0.2, 0.25) is 0 Å². The first-order valence-electron chi connectivity index (χ1n) is 14.0. The molecule has 0 radical (unpaired) electrons. The van der Waals surface area contributed by atoms with E-state index < -0.39 is 11.6 Å². The van der Waals surface area contributed by atoms with Gasteiger partial charge in [-0.1, -0.05) is 106 Å². The molecule has 1 aliphatic carbocycles. The first-order chi connectivity index (χ1) is 17.1. The van der Waals surface area contributed by atoms with Crippen LogP contribution < -0.4 is 0 Å². The number of aryl methyl sites for hydroxylation is 2. The fourth-order valence-electron chi connectivity index (χ4n) is 5.05. The van der Waals surface area contributed by atoms with Gasteiger partial charge in [0.1, 0.15) is 0 Å². The van der Waals surface area contributed by atoms with E-state index in [0.29, 0.717) is 23.5 Å². The van der Waals surface area contributed by atoms with Crippen LogP contribution in [0.15, 0.2) is 60.2 Å². The molecule has 0 N–H and O–H groups in total. The van der Waals surface area contributed by atoms with Crippen molar-refractivity contribution in [3.63, 3.8) is 0 Å². The summed E-state index contributed by atoms with van der Waals surface area (Å²) in [7, 11) is 0. The zero-order valence-electron chi connectivity index (χ0n) is 21.9. The van der Waals surface area contributed by atoms with E-state index >= 15 is 0 Å². The molecule has 0 saturated heterocycles. The largest absolute Gasteiger partial charge is 0.203 e. The lowest BCUT2D eigenvalue weighted by molar-refractivity contribution is 0.501. The second-order valence-electron chi connectivity index (χ2n) is 10.2. The van der Waals surface area contributed by atoms with Gasteiger partial charge in [0.05, 0.1) is 0 Å². The van der Waals surface area contributed by atoms with E-state index in [1.165, 1.54) is 69.8 Å². The fourth-order valence-corrected chi connectivity index (χ4v) is 5.05. The van der Waals surface area contributed by atoms with E-state index in [-0.39, 0.29) is 0 Å². The molecule has 190 valence electrons. The monoisotopic (exact) mass is 478 g/mol. The van der Waals surface area contributed by atoms with Gasteiger partial charge in [0.15, 0.2) is 11.6 Å². The maximum atomic E-state index is 14.9. The van der Waals surface area contributed by atoms with Gasteiger partial charge < -0.3 is 0 Å². The van der Waals surface area contributed by atoms with Crippen LogP contribution >= 0.6 is 0 Å². The third-order valence-corrected chi connectivity index (χ3v) is 7.38. The Bertz CT molecular complexity index is 952. The number of unbranched alkanes of at least 4 members (excludes halogenated alkanes) is 5. The van der Waals surface area contributed by atoms with E-state index in [0.717, 1.165) is 24.8 Å². The van der Waals surface area contributed by atoms with Crippen molar-refractivity contribution in [2.45, 2.75) is 104 Å². The van der Waals surface area contributed by atoms with Gasteiger partial charge in [0.2, 0.25) is 0 Å². The highest BCUT2D eigenvalue weighted by Crippen LogP contribution is 2.29. The molecule has 0 aliphatic heterocycles. The highest BCUT2D eigenvalue weighted by molar-refractivity contribution is 5.65. The summed E-state index contributed by atoms with van der Waals surface area (Å²) in [6, 6.07) is 11.4. The molecule has 2 heteroatoms. The average Bonchev–Trinajstić information content (AvgIpc) is 2.88. The molecule has 1 aliphatic rings. The van der Waals surface area contributed by atoms with Crippen LogP contribution in [0.3, 0.4) is 0 Å². The van der Waals surface area contributed by atoms with Crippen LogP contribution in [0, 0.1) is 17.6 Å². The third kappa shape index (κ3) is 8.74. The average molecular weight is 479 g/mol. The minimum atomic E-state index is -0.727. The summed E-state index contributed by atoms with van der Waals surface area (Å²) < 4.78 is 29.7. The molecule has 2 aromatic carbocycles. The van der Waals surface area contributed by atoms with Crippen LogP contribution in [0.1, 0.15) is 102 Å². The van der Waals surface area contributed by atoms with E-state index in [9.17, 15) is 8.78 Å². The molecule has 2 aromatic rings. The maximum absolute atomic E-state index is 14.9. The molecule has 0 amide bonds. The third-order valence-electron chi connectivity index (χ3n) is 7.38. The molecule has 0 bridgehead atoms. The fraction of sp³-hybridized carbons (Fsp3) is 0.515. The summed E-state index contributed by atoms with van der Waals surface area (Å²) in [4.78, 5) is 0. The lowest BCUT2D eigenvalue weighted by Crippen LogP contribution is -2.03. The van der Waals surface area contributed by atoms with Gasteiger partial charge in [0.25, 0.3) is 0 Å². The standard InChI is InChI=1S/C33H44F2/c1-3-5-7-9-13-28-20-22-29(23-21-28)31-25-24-30(32(34)33(31)35)15-11-10-14-27-18-16-26(17-19-27)12-8-6-4-2/h10,14,16,20-25,27H,3-9,11-13,15,17-19H2,1-2H3. The van der Waals surface area contributed by atoms with E-state index in [4.69, 9.17) is 0 Å². The van der Waals surface area contributed by atoms with Gasteiger partial charge in [-0.25, -0.2) is 8.78 Å². The molecular formula is C33H44F2. The zero-order chi connectivity index (χ0) is 24.9. The molecule has 0 heterocycles. The van der Waals surface area contributed by atoms with Crippen LogP contribution in [0.25, 0.3) is 11.1 Å². The predicted molar refractivity (Wildman–Crippen MR) is 147 cm³/mol. The molecule has 0 nitrogen and oxygen atoms in total. The first kappa shape index (κ1) is 27.4. The molecule has 0 saturated carbocycles. The number of rotatable bonds is 14. The highest BCUT2D eigenvalue weighted by atomic mass is 19.2. The number of hydrogen-bond acceptors (Lipinski definition) is 0. The Hall–Kier alpha value is -2.22. The maximum Gasteiger partial charge on any atom is 0.166 e. The minimum absolute atomic E-state index is 0.350. The summed E-state index contributed by atoms with van der Waals surface area (Å²) >= 11 is 0. The van der Waals surface area contributed by atoms with Crippen molar-refractivity contribution >= 4 is 0 Å². The summed E-state index contributed by atoms with van der Waals surface area (Å²) in [5.41, 5.74) is 4.44. The molecule has 1 unspecified atom stereocenters. The number of hydrogen-bond donors (Lipinski definition) is 0. The summed E-state index contributed by atoms with van der Waals surface area (Å²) in [6.45, 7) is 4.46. The van der Waals surface area contributed by atoms with Crippen molar-refractivity contribution < 1.29 is 8.78 Å². The Morgan fingerprint density at radius 1 is 0.800 bits per heavy atom. The number of allylic oxidation sites excluding steroid dienone is 4. The lowest BCUT2D eigenvalue weighted by Gasteiger charge is -2.19. The second-order valence-corrected chi connectivity index (χ2v) is 10.2. The Kier molecular flexibility index (Phi) is 11.7. The summed E-state index contributed by atoms with van der Waals surface area (Å²) in [5.74, 6) is -0.837. The van der Waals surface area contributed by atoms with Crippen LogP contribution in [-0.4, -0.2) is 0 Å². The predicted octanol–water partition coefficient (Wildman–Crippen LogP) is 10.6. The van der Waals surface area contributed by atoms with Gasteiger partial charge in [-0.3, -0.25) is 0 Å². The molecule has 3 rings (SSSR count). The summed E-state index contributed by atoms with van der Waals surface area (Å²) in [5, 5.41) is 0. The van der Waals surface area contributed by atoms with Gasteiger partial charge in [0, 0.05) is 5.56 Å². The van der Waals surface area contributed by atoms with Gasteiger partial charge >= 0.3 is 0 Å². The molecular weight excluding hydrogens is 434 g/mol. The molecule has 35 heavy (non-hydrogen) atoms. The van der Waals surface area contributed by atoms with Gasteiger partial charge in [-0.2, -0.15) is 0 Å². The minimum Gasteiger partial charge on any atom is -0.203 e. The van der Waals surface area contributed by atoms with Crippen molar-refractivity contribution in [3.05, 3.63) is 83.0 Å². The Morgan fingerprint density at radius 3 is 2.26 bits per heavy atom. The topological polar surface area (TPSA) is 0 Å². The molecule has 1 atom stereocenters. The molecule has 0 spiro atoms. The molecule has 0 fully saturated rings. The second kappa shape index (κ2) is 15.0. The quantitative estimate of drug-likeness (QED) is 0.187.